The van der Waals surface area contributed by atoms with Crippen molar-refractivity contribution in [3.63, 3.8) is 0 Å². The lowest BCUT2D eigenvalue weighted by atomic mass is 10.2. The molecule has 1 saturated heterocycles. The summed E-state index contributed by atoms with van der Waals surface area (Å²) in [6.07, 6.45) is 1.29. The highest BCUT2D eigenvalue weighted by atomic mass is 19.1. The predicted octanol–water partition coefficient (Wildman–Crippen LogP) is 3.33. The summed E-state index contributed by atoms with van der Waals surface area (Å²) in [5.74, 6) is 0.680. The van der Waals surface area contributed by atoms with Crippen LogP contribution in [0.1, 0.15) is 12.8 Å². The van der Waals surface area contributed by atoms with Crippen molar-refractivity contribution >= 4 is 11.6 Å². The Morgan fingerprint density at radius 3 is 2.48 bits per heavy atom. The smallest absolute Gasteiger partial charge is 0.226 e. The van der Waals surface area contributed by atoms with Gasteiger partial charge in [0, 0.05) is 31.9 Å². The molecule has 0 atom stereocenters. The molecule has 0 unspecified atom stereocenters. The summed E-state index contributed by atoms with van der Waals surface area (Å²) in [4.78, 5) is 16.5. The summed E-state index contributed by atoms with van der Waals surface area (Å²) < 4.78 is 18.7. The molecule has 4 nitrogen and oxygen atoms in total. The molecule has 0 N–H and O–H groups in total. The van der Waals surface area contributed by atoms with Gasteiger partial charge in [0.1, 0.15) is 11.6 Å². The molecule has 1 amide bonds. The lowest BCUT2D eigenvalue weighted by Crippen LogP contribution is -2.35. The fourth-order valence-corrected chi connectivity index (χ4v) is 3.01. The second-order valence-corrected chi connectivity index (χ2v) is 6.11. The Balaban J connectivity index is 1.47. The number of anilines is 1. The van der Waals surface area contributed by atoms with Gasteiger partial charge in [0.25, 0.3) is 0 Å². The number of benzene rings is 2. The van der Waals surface area contributed by atoms with Gasteiger partial charge < -0.3 is 14.5 Å². The van der Waals surface area contributed by atoms with Crippen molar-refractivity contribution in [2.24, 2.45) is 0 Å². The van der Waals surface area contributed by atoms with Crippen LogP contribution in [0.5, 0.6) is 5.75 Å². The van der Waals surface area contributed by atoms with Crippen LogP contribution in [-0.4, -0.2) is 43.6 Å². The first-order valence-corrected chi connectivity index (χ1v) is 8.68. The van der Waals surface area contributed by atoms with Crippen LogP contribution in [0.2, 0.25) is 0 Å². The average molecular weight is 342 g/mol. The number of ether oxygens (including phenoxy) is 1. The molecule has 1 aliphatic heterocycles. The van der Waals surface area contributed by atoms with E-state index in [4.69, 9.17) is 4.74 Å². The number of carbonyl (C=O) groups is 1. The molecule has 3 rings (SSSR count). The van der Waals surface area contributed by atoms with E-state index in [-0.39, 0.29) is 11.7 Å². The second-order valence-electron chi connectivity index (χ2n) is 6.11. The van der Waals surface area contributed by atoms with Crippen LogP contribution in [0.15, 0.2) is 54.6 Å². The van der Waals surface area contributed by atoms with E-state index in [2.05, 4.69) is 4.90 Å². The Bertz CT molecular complexity index is 676. The highest BCUT2D eigenvalue weighted by Crippen LogP contribution is 2.17. The van der Waals surface area contributed by atoms with E-state index in [1.165, 1.54) is 12.1 Å². The molecule has 1 fully saturated rings. The van der Waals surface area contributed by atoms with E-state index in [1.54, 1.807) is 12.1 Å². The standard InChI is InChI=1S/C20H23FN2O2/c21-17-7-9-18(10-8-17)22-12-4-13-23(15-14-22)20(24)11-16-25-19-5-2-1-3-6-19/h1-3,5-10H,4,11-16H2. The fourth-order valence-electron chi connectivity index (χ4n) is 3.01. The van der Waals surface area contributed by atoms with Crippen LogP contribution in [0.3, 0.4) is 0 Å². The molecule has 1 heterocycles. The minimum absolute atomic E-state index is 0.122. The number of rotatable bonds is 5. The Morgan fingerprint density at radius 2 is 1.72 bits per heavy atom. The largest absolute Gasteiger partial charge is 0.493 e. The molecule has 0 aromatic heterocycles. The summed E-state index contributed by atoms with van der Waals surface area (Å²) >= 11 is 0. The van der Waals surface area contributed by atoms with Crippen LogP contribution in [0, 0.1) is 5.82 Å². The maximum atomic E-state index is 13.1. The van der Waals surface area contributed by atoms with Gasteiger partial charge in [-0.1, -0.05) is 18.2 Å². The Kier molecular flexibility index (Phi) is 5.88. The third-order valence-electron chi connectivity index (χ3n) is 4.37. The van der Waals surface area contributed by atoms with Crippen molar-refractivity contribution < 1.29 is 13.9 Å². The molecule has 0 bridgehead atoms. The first kappa shape index (κ1) is 17.3. The van der Waals surface area contributed by atoms with Gasteiger partial charge in [-0.05, 0) is 42.8 Å². The summed E-state index contributed by atoms with van der Waals surface area (Å²) in [6.45, 7) is 3.46. The number of para-hydroxylation sites is 1. The molecule has 5 heteroatoms. The van der Waals surface area contributed by atoms with Gasteiger partial charge in [0.15, 0.2) is 0 Å². The first-order chi connectivity index (χ1) is 12.2. The topological polar surface area (TPSA) is 32.8 Å². The molecule has 1 aliphatic rings. The van der Waals surface area contributed by atoms with E-state index < -0.39 is 0 Å². The average Bonchev–Trinajstić information content (AvgIpc) is 2.89. The van der Waals surface area contributed by atoms with Crippen molar-refractivity contribution in [2.75, 3.05) is 37.7 Å². The van der Waals surface area contributed by atoms with Crippen LogP contribution >= 0.6 is 0 Å². The summed E-state index contributed by atoms with van der Waals surface area (Å²) in [7, 11) is 0. The molecular weight excluding hydrogens is 319 g/mol. The highest BCUT2D eigenvalue weighted by molar-refractivity contribution is 5.76. The van der Waals surface area contributed by atoms with Crippen molar-refractivity contribution in [3.8, 4) is 5.75 Å². The first-order valence-electron chi connectivity index (χ1n) is 8.68. The Hall–Kier alpha value is -2.56. The van der Waals surface area contributed by atoms with E-state index in [1.807, 2.05) is 35.2 Å². The molecule has 0 radical (unpaired) electrons. The quantitative estimate of drug-likeness (QED) is 0.835. The van der Waals surface area contributed by atoms with E-state index >= 15 is 0 Å². The Morgan fingerprint density at radius 1 is 0.960 bits per heavy atom. The van der Waals surface area contributed by atoms with Gasteiger partial charge in [0.05, 0.1) is 13.0 Å². The number of halogens is 1. The van der Waals surface area contributed by atoms with E-state index in [0.717, 1.165) is 37.5 Å². The molecule has 132 valence electrons. The second kappa shape index (κ2) is 8.51. The van der Waals surface area contributed by atoms with Gasteiger partial charge in [-0.3, -0.25) is 4.79 Å². The maximum absolute atomic E-state index is 13.1. The predicted molar refractivity (Wildman–Crippen MR) is 96.4 cm³/mol. The van der Waals surface area contributed by atoms with Gasteiger partial charge in [-0.2, -0.15) is 0 Å². The lowest BCUT2D eigenvalue weighted by molar-refractivity contribution is -0.131. The number of amides is 1. The summed E-state index contributed by atoms with van der Waals surface area (Å²) in [5, 5.41) is 0. The van der Waals surface area contributed by atoms with Crippen molar-refractivity contribution in [1.29, 1.82) is 0 Å². The maximum Gasteiger partial charge on any atom is 0.226 e. The molecular formula is C20H23FN2O2. The lowest BCUT2D eigenvalue weighted by Gasteiger charge is -2.23. The fraction of sp³-hybridized carbons (Fsp3) is 0.350. The van der Waals surface area contributed by atoms with Gasteiger partial charge in [0.2, 0.25) is 5.91 Å². The number of nitrogens with zero attached hydrogens (tertiary/aromatic N) is 2. The van der Waals surface area contributed by atoms with Gasteiger partial charge in [-0.25, -0.2) is 4.39 Å². The third-order valence-corrected chi connectivity index (χ3v) is 4.37. The zero-order valence-electron chi connectivity index (χ0n) is 14.2. The number of carbonyl (C=O) groups excluding carboxylic acids is 1. The van der Waals surface area contributed by atoms with Crippen LogP contribution in [-0.2, 0) is 4.79 Å². The molecule has 0 aliphatic carbocycles. The van der Waals surface area contributed by atoms with Crippen molar-refractivity contribution in [3.05, 3.63) is 60.4 Å². The zero-order valence-corrected chi connectivity index (χ0v) is 14.2. The monoisotopic (exact) mass is 342 g/mol. The normalized spacial score (nSPS) is 14.9. The van der Waals surface area contributed by atoms with Crippen molar-refractivity contribution in [2.45, 2.75) is 12.8 Å². The summed E-state index contributed by atoms with van der Waals surface area (Å²) in [5.41, 5.74) is 1.00. The zero-order chi connectivity index (χ0) is 17.5. The number of hydrogen-bond donors (Lipinski definition) is 0. The summed E-state index contributed by atoms with van der Waals surface area (Å²) in [6, 6.07) is 16.1. The van der Waals surface area contributed by atoms with Crippen LogP contribution in [0.4, 0.5) is 10.1 Å². The Labute approximate surface area is 147 Å². The SMILES string of the molecule is O=C(CCOc1ccccc1)N1CCCN(c2ccc(F)cc2)CC1. The number of hydrogen-bond acceptors (Lipinski definition) is 3. The van der Waals surface area contributed by atoms with Gasteiger partial charge >= 0.3 is 0 Å². The van der Waals surface area contributed by atoms with E-state index in [9.17, 15) is 9.18 Å². The van der Waals surface area contributed by atoms with Crippen molar-refractivity contribution in [1.82, 2.24) is 4.90 Å². The highest BCUT2D eigenvalue weighted by Gasteiger charge is 2.19. The molecule has 2 aromatic rings. The van der Waals surface area contributed by atoms with Gasteiger partial charge in [-0.15, -0.1) is 0 Å². The minimum atomic E-state index is -0.228. The van der Waals surface area contributed by atoms with E-state index in [0.29, 0.717) is 19.6 Å². The molecule has 25 heavy (non-hydrogen) atoms. The van der Waals surface area contributed by atoms with Crippen LogP contribution in [0.25, 0.3) is 0 Å². The van der Waals surface area contributed by atoms with Crippen LogP contribution < -0.4 is 9.64 Å². The molecule has 0 saturated carbocycles. The molecule has 0 spiro atoms. The minimum Gasteiger partial charge on any atom is -0.493 e. The molecule has 2 aromatic carbocycles. The third kappa shape index (κ3) is 4.95.